The molecule has 0 unspecified atom stereocenters. The number of carbonyl (C=O) groups excluding carboxylic acids is 1. The average Bonchev–Trinajstić information content (AvgIpc) is 3.12. The Hall–Kier alpha value is -1.73. The molecule has 1 aliphatic heterocycles. The summed E-state index contributed by atoms with van der Waals surface area (Å²) in [7, 11) is 0. The lowest BCUT2D eigenvalue weighted by Crippen LogP contribution is -2.54. The monoisotopic (exact) mass is 350 g/mol. The second-order valence-electron chi connectivity index (χ2n) is 5.53. The van der Waals surface area contributed by atoms with Crippen molar-refractivity contribution in [3.05, 3.63) is 62.4 Å². The Morgan fingerprint density at radius 3 is 2.61 bits per heavy atom. The minimum Gasteiger partial charge on any atom is -0.622 e. The molecule has 5 nitrogen and oxygen atoms in total. The molecule has 2 heterocycles. The number of ketones is 1. The lowest BCUT2D eigenvalue weighted by Gasteiger charge is -2.27. The number of benzene rings is 1. The van der Waals surface area contributed by atoms with Crippen molar-refractivity contribution in [1.29, 1.82) is 0 Å². The van der Waals surface area contributed by atoms with Crippen LogP contribution in [-0.4, -0.2) is 38.2 Å². The fraction of sp³-hybridized carbons (Fsp3) is 0.250. The van der Waals surface area contributed by atoms with Gasteiger partial charge in [0.1, 0.15) is 6.04 Å². The zero-order chi connectivity index (χ0) is 16.8. The maximum absolute atomic E-state index is 12.9. The van der Waals surface area contributed by atoms with Gasteiger partial charge < -0.3 is 10.4 Å². The lowest BCUT2D eigenvalue weighted by atomic mass is 10.00. The number of carbonyl (C=O) groups is 1. The van der Waals surface area contributed by atoms with Gasteiger partial charge >= 0.3 is 5.66 Å². The van der Waals surface area contributed by atoms with Crippen LogP contribution in [0.1, 0.15) is 29.1 Å². The van der Waals surface area contributed by atoms with Crippen LogP contribution in [0.15, 0.2) is 41.8 Å². The van der Waals surface area contributed by atoms with E-state index in [1.54, 1.807) is 37.3 Å². The summed E-state index contributed by atoms with van der Waals surface area (Å²) >= 11 is 7.23. The number of Topliss-reactive ketones (excluding diaryl/α,β-unsaturated/α-hetero) is 1. The molecule has 0 aliphatic carbocycles. The Bertz CT molecular complexity index is 773. The van der Waals surface area contributed by atoms with Crippen LogP contribution in [0.5, 0.6) is 0 Å². The molecule has 1 N–H and O–H groups in total. The molecule has 120 valence electrons. The van der Waals surface area contributed by atoms with Crippen molar-refractivity contribution in [3.63, 3.8) is 0 Å². The summed E-state index contributed by atoms with van der Waals surface area (Å²) < 4.78 is 0.612. The molecule has 3 rings (SSSR count). The number of hydroxylamine groups is 3. The Balaban J connectivity index is 2.09. The topological polar surface area (TPSA) is 66.6 Å². The first kappa shape index (κ1) is 16.1. The fourth-order valence-corrected chi connectivity index (χ4v) is 3.75. The van der Waals surface area contributed by atoms with Gasteiger partial charge in [-0.2, -0.15) is 4.74 Å². The van der Waals surface area contributed by atoms with Gasteiger partial charge in [0, 0.05) is 17.5 Å². The first-order chi connectivity index (χ1) is 10.9. The van der Waals surface area contributed by atoms with Crippen LogP contribution in [0, 0.1) is 5.21 Å². The van der Waals surface area contributed by atoms with Crippen molar-refractivity contribution in [2.45, 2.75) is 25.6 Å². The fourth-order valence-electron chi connectivity index (χ4n) is 2.79. The zero-order valence-electron chi connectivity index (χ0n) is 12.6. The molecule has 0 radical (unpaired) electrons. The highest BCUT2D eigenvalue weighted by atomic mass is 35.5. The number of rotatable bonds is 3. The third kappa shape index (κ3) is 2.38. The van der Waals surface area contributed by atoms with Gasteiger partial charge in [-0.05, 0) is 42.6 Å². The van der Waals surface area contributed by atoms with E-state index in [0.717, 1.165) is 9.94 Å². The van der Waals surface area contributed by atoms with Crippen LogP contribution in [0.2, 0.25) is 5.02 Å². The number of halogens is 1. The van der Waals surface area contributed by atoms with Gasteiger partial charge in [0.25, 0.3) is 5.78 Å². The average molecular weight is 351 g/mol. The standard InChI is InChI=1S/C16H15ClN2O3S/c1-10-14(13-4-3-9-23-13)19(22)16(2,18(10)21)15(20)11-5-7-12(17)8-6-11/h3-10,21H,1-2H3/t10-,16+/m0/s1. The Labute approximate surface area is 142 Å². The predicted molar refractivity (Wildman–Crippen MR) is 89.3 cm³/mol. The summed E-state index contributed by atoms with van der Waals surface area (Å²) in [5, 5.41) is 26.5. The van der Waals surface area contributed by atoms with Crippen LogP contribution in [-0.2, 0) is 0 Å². The normalized spacial score (nSPS) is 25.1. The molecule has 0 bridgehead atoms. The van der Waals surface area contributed by atoms with Gasteiger partial charge in [-0.15, -0.1) is 16.4 Å². The van der Waals surface area contributed by atoms with Gasteiger partial charge in [-0.25, -0.2) is 0 Å². The molecule has 0 saturated carbocycles. The smallest absolute Gasteiger partial charge is 0.312 e. The molecule has 23 heavy (non-hydrogen) atoms. The molecule has 1 aromatic heterocycles. The lowest BCUT2D eigenvalue weighted by molar-refractivity contribution is -0.561. The highest BCUT2D eigenvalue weighted by Crippen LogP contribution is 2.32. The maximum Gasteiger partial charge on any atom is 0.312 e. The molecule has 0 fully saturated rings. The van der Waals surface area contributed by atoms with Crippen molar-refractivity contribution in [3.8, 4) is 0 Å². The highest BCUT2D eigenvalue weighted by Gasteiger charge is 2.58. The van der Waals surface area contributed by atoms with E-state index in [9.17, 15) is 15.2 Å². The van der Waals surface area contributed by atoms with E-state index in [1.165, 1.54) is 18.3 Å². The zero-order valence-corrected chi connectivity index (χ0v) is 14.1. The summed E-state index contributed by atoms with van der Waals surface area (Å²) in [5.74, 6) is -0.481. The van der Waals surface area contributed by atoms with E-state index in [-0.39, 0.29) is 0 Å². The second kappa shape index (κ2) is 5.72. The number of thiophene rings is 1. The van der Waals surface area contributed by atoms with Crippen molar-refractivity contribution in [2.75, 3.05) is 0 Å². The van der Waals surface area contributed by atoms with Crippen molar-refractivity contribution < 1.29 is 14.7 Å². The molecule has 2 atom stereocenters. The number of nitrogens with zero attached hydrogens (tertiary/aromatic N) is 2. The van der Waals surface area contributed by atoms with E-state index >= 15 is 0 Å². The van der Waals surface area contributed by atoms with E-state index in [0.29, 0.717) is 21.0 Å². The van der Waals surface area contributed by atoms with Crippen LogP contribution in [0.3, 0.4) is 0 Å². The van der Waals surface area contributed by atoms with Crippen molar-refractivity contribution in [1.82, 2.24) is 5.06 Å². The first-order valence-corrected chi connectivity index (χ1v) is 8.29. The van der Waals surface area contributed by atoms with Crippen LogP contribution in [0.4, 0.5) is 0 Å². The molecule has 0 spiro atoms. The van der Waals surface area contributed by atoms with E-state index in [1.807, 2.05) is 11.4 Å². The molecule has 7 heteroatoms. The molecule has 1 aromatic carbocycles. The Morgan fingerprint density at radius 1 is 1.39 bits per heavy atom. The Morgan fingerprint density at radius 2 is 2.04 bits per heavy atom. The number of hydrogen-bond donors (Lipinski definition) is 1. The minimum absolute atomic E-state index is 0.316. The molecular weight excluding hydrogens is 336 g/mol. The van der Waals surface area contributed by atoms with Gasteiger partial charge in [-0.1, -0.05) is 17.7 Å². The summed E-state index contributed by atoms with van der Waals surface area (Å²) in [6, 6.07) is 9.29. The SMILES string of the molecule is C[C@H]1C(c2cccs2)=[N+]([O-])[C@](C)(C(=O)c2ccc(Cl)cc2)N1O. The summed E-state index contributed by atoms with van der Waals surface area (Å²) in [6.45, 7) is 3.12. The van der Waals surface area contributed by atoms with Gasteiger partial charge in [-0.3, -0.25) is 4.79 Å². The summed E-state index contributed by atoms with van der Waals surface area (Å²) in [6.07, 6.45) is 0. The van der Waals surface area contributed by atoms with E-state index in [2.05, 4.69) is 0 Å². The summed E-state index contributed by atoms with van der Waals surface area (Å²) in [4.78, 5) is 13.6. The minimum atomic E-state index is -1.72. The summed E-state index contributed by atoms with van der Waals surface area (Å²) in [5.41, 5.74) is -1.02. The molecule has 1 aliphatic rings. The van der Waals surface area contributed by atoms with Crippen LogP contribution < -0.4 is 0 Å². The highest BCUT2D eigenvalue weighted by molar-refractivity contribution is 7.12. The Kier molecular flexibility index (Phi) is 4.01. The third-order valence-corrected chi connectivity index (χ3v) is 5.28. The van der Waals surface area contributed by atoms with Gasteiger partial charge in [0.2, 0.25) is 5.71 Å². The van der Waals surface area contributed by atoms with Gasteiger partial charge in [0.15, 0.2) is 0 Å². The first-order valence-electron chi connectivity index (χ1n) is 7.04. The molecule has 0 amide bonds. The molecule has 2 aromatic rings. The van der Waals surface area contributed by atoms with Crippen LogP contribution in [0.25, 0.3) is 0 Å². The largest absolute Gasteiger partial charge is 0.622 e. The van der Waals surface area contributed by atoms with E-state index in [4.69, 9.17) is 11.6 Å². The molecule has 0 saturated heterocycles. The van der Waals surface area contributed by atoms with E-state index < -0.39 is 17.5 Å². The third-order valence-electron chi connectivity index (χ3n) is 4.13. The second-order valence-corrected chi connectivity index (χ2v) is 6.92. The molecular formula is C16H15ClN2O3S. The number of hydrogen-bond acceptors (Lipinski definition) is 5. The predicted octanol–water partition coefficient (Wildman–Crippen LogP) is 3.39. The quantitative estimate of drug-likeness (QED) is 0.523. The van der Waals surface area contributed by atoms with Crippen molar-refractivity contribution >= 4 is 34.4 Å². The van der Waals surface area contributed by atoms with Crippen LogP contribution >= 0.6 is 22.9 Å². The van der Waals surface area contributed by atoms with Crippen molar-refractivity contribution in [2.24, 2.45) is 0 Å². The maximum atomic E-state index is 12.9. The van der Waals surface area contributed by atoms with Gasteiger partial charge in [0.05, 0.1) is 4.88 Å².